The third-order valence-electron chi connectivity index (χ3n) is 3.60. The first kappa shape index (κ1) is 11.7. The van der Waals surface area contributed by atoms with Crippen LogP contribution in [0, 0.1) is 5.41 Å². The van der Waals surface area contributed by atoms with Gasteiger partial charge in [-0.2, -0.15) is 0 Å². The number of fused-ring (bicyclic) bond motifs is 1. The number of ether oxygens (including phenoxy) is 1. The summed E-state index contributed by atoms with van der Waals surface area (Å²) in [6.07, 6.45) is 2.30. The van der Waals surface area contributed by atoms with E-state index in [1.54, 1.807) is 0 Å². The van der Waals surface area contributed by atoms with Crippen LogP contribution in [0.1, 0.15) is 12.0 Å². The highest BCUT2D eigenvalue weighted by Gasteiger charge is 2.34. The summed E-state index contributed by atoms with van der Waals surface area (Å²) in [7, 11) is 0. The van der Waals surface area contributed by atoms with Crippen LogP contribution >= 0.6 is 27.3 Å². The Morgan fingerprint density at radius 1 is 1.35 bits per heavy atom. The quantitative estimate of drug-likeness (QED) is 0.770. The van der Waals surface area contributed by atoms with Crippen LogP contribution in [0.3, 0.4) is 0 Å². The Morgan fingerprint density at radius 2 is 2.24 bits per heavy atom. The zero-order valence-electron chi connectivity index (χ0n) is 9.62. The predicted molar refractivity (Wildman–Crippen MR) is 77.2 cm³/mol. The summed E-state index contributed by atoms with van der Waals surface area (Å²) in [4.78, 5) is 0. The molecule has 0 N–H and O–H groups in total. The second-order valence-corrected chi connectivity index (χ2v) is 6.34. The molecule has 1 unspecified atom stereocenters. The fourth-order valence-corrected chi connectivity index (χ4v) is 4.12. The Kier molecular flexibility index (Phi) is 3.24. The van der Waals surface area contributed by atoms with Gasteiger partial charge in [-0.25, -0.2) is 0 Å². The second-order valence-electron chi connectivity index (χ2n) is 4.87. The molecule has 1 saturated heterocycles. The molecule has 0 aliphatic carbocycles. The molecule has 3 rings (SSSR count). The van der Waals surface area contributed by atoms with Crippen molar-refractivity contribution < 1.29 is 4.74 Å². The van der Waals surface area contributed by atoms with E-state index in [4.69, 9.17) is 4.74 Å². The topological polar surface area (TPSA) is 9.23 Å². The average molecular weight is 311 g/mol. The molecule has 1 fully saturated rings. The number of rotatable bonds is 3. The largest absolute Gasteiger partial charge is 0.381 e. The Balaban J connectivity index is 1.94. The minimum absolute atomic E-state index is 0.309. The highest BCUT2D eigenvalue weighted by molar-refractivity contribution is 9.09. The van der Waals surface area contributed by atoms with Crippen LogP contribution in [-0.4, -0.2) is 18.5 Å². The first-order valence-corrected chi connectivity index (χ1v) is 7.92. The van der Waals surface area contributed by atoms with Gasteiger partial charge in [0.2, 0.25) is 0 Å². The van der Waals surface area contributed by atoms with Crippen LogP contribution in [0.25, 0.3) is 10.1 Å². The van der Waals surface area contributed by atoms with Crippen LogP contribution in [-0.2, 0) is 11.2 Å². The molecule has 1 aliphatic rings. The van der Waals surface area contributed by atoms with E-state index in [2.05, 4.69) is 45.6 Å². The lowest BCUT2D eigenvalue weighted by atomic mass is 9.83. The maximum absolute atomic E-state index is 5.59. The van der Waals surface area contributed by atoms with Crippen molar-refractivity contribution in [2.75, 3.05) is 18.5 Å². The summed E-state index contributed by atoms with van der Waals surface area (Å²) in [6, 6.07) is 8.68. The third-order valence-corrected chi connectivity index (χ3v) is 5.80. The van der Waals surface area contributed by atoms with Crippen molar-refractivity contribution in [3.63, 3.8) is 0 Å². The third kappa shape index (κ3) is 2.16. The number of halogens is 1. The molecule has 1 aliphatic heterocycles. The lowest BCUT2D eigenvalue weighted by molar-refractivity contribution is 0.162. The van der Waals surface area contributed by atoms with Gasteiger partial charge in [0.05, 0.1) is 6.61 Å². The summed E-state index contributed by atoms with van der Waals surface area (Å²) in [5.41, 5.74) is 1.79. The van der Waals surface area contributed by atoms with Crippen molar-refractivity contribution in [3.05, 3.63) is 35.2 Å². The van der Waals surface area contributed by atoms with E-state index in [0.717, 1.165) is 25.0 Å². The van der Waals surface area contributed by atoms with E-state index < -0.39 is 0 Å². The van der Waals surface area contributed by atoms with Gasteiger partial charge >= 0.3 is 0 Å². The van der Waals surface area contributed by atoms with Gasteiger partial charge in [-0.1, -0.05) is 34.1 Å². The zero-order chi connectivity index (χ0) is 11.7. The van der Waals surface area contributed by atoms with Gasteiger partial charge in [-0.05, 0) is 35.2 Å². The minimum Gasteiger partial charge on any atom is -0.381 e. The predicted octanol–water partition coefficient (Wildman–Crippen LogP) is 4.25. The van der Waals surface area contributed by atoms with E-state index in [9.17, 15) is 0 Å². The van der Waals surface area contributed by atoms with Gasteiger partial charge in [0.15, 0.2) is 0 Å². The van der Waals surface area contributed by atoms with Gasteiger partial charge in [0, 0.05) is 22.1 Å². The maximum atomic E-state index is 5.59. The van der Waals surface area contributed by atoms with Crippen molar-refractivity contribution in [1.82, 2.24) is 0 Å². The Labute approximate surface area is 114 Å². The monoisotopic (exact) mass is 310 g/mol. The molecule has 17 heavy (non-hydrogen) atoms. The lowest BCUT2D eigenvalue weighted by Gasteiger charge is -2.24. The number of benzene rings is 1. The van der Waals surface area contributed by atoms with Crippen LogP contribution in [0.15, 0.2) is 29.6 Å². The second kappa shape index (κ2) is 4.71. The molecule has 0 saturated carbocycles. The maximum Gasteiger partial charge on any atom is 0.0534 e. The first-order valence-electron chi connectivity index (χ1n) is 5.92. The molecular weight excluding hydrogens is 296 g/mol. The van der Waals surface area contributed by atoms with E-state index in [0.29, 0.717) is 5.41 Å². The molecule has 1 aromatic carbocycles. The molecule has 0 spiro atoms. The van der Waals surface area contributed by atoms with Crippen LogP contribution in [0.4, 0.5) is 0 Å². The highest BCUT2D eigenvalue weighted by atomic mass is 79.9. The molecule has 1 nitrogen and oxygen atoms in total. The highest BCUT2D eigenvalue weighted by Crippen LogP contribution is 2.37. The normalized spacial score (nSPS) is 24.5. The molecule has 1 atom stereocenters. The number of hydrogen-bond donors (Lipinski definition) is 0. The lowest BCUT2D eigenvalue weighted by Crippen LogP contribution is -2.25. The van der Waals surface area contributed by atoms with Crippen molar-refractivity contribution in [3.8, 4) is 0 Å². The summed E-state index contributed by atoms with van der Waals surface area (Å²) in [5, 5.41) is 4.77. The van der Waals surface area contributed by atoms with Gasteiger partial charge in [0.1, 0.15) is 0 Å². The molecule has 2 heterocycles. The van der Waals surface area contributed by atoms with Gasteiger partial charge in [-0.3, -0.25) is 0 Å². The van der Waals surface area contributed by atoms with Crippen molar-refractivity contribution in [2.45, 2.75) is 12.8 Å². The fourth-order valence-electron chi connectivity index (χ4n) is 2.52. The Hall–Kier alpha value is -0.380. The van der Waals surface area contributed by atoms with Crippen molar-refractivity contribution in [1.29, 1.82) is 0 Å². The average Bonchev–Trinajstić information content (AvgIpc) is 2.99. The number of thiophene rings is 1. The zero-order valence-corrected chi connectivity index (χ0v) is 12.0. The Bertz CT molecular complexity index is 514. The smallest absolute Gasteiger partial charge is 0.0534 e. The molecule has 1 aromatic heterocycles. The van der Waals surface area contributed by atoms with Gasteiger partial charge in [0.25, 0.3) is 0 Å². The van der Waals surface area contributed by atoms with E-state index >= 15 is 0 Å². The number of alkyl halides is 1. The molecule has 0 radical (unpaired) electrons. The molecule has 3 heteroatoms. The van der Waals surface area contributed by atoms with Crippen molar-refractivity contribution in [2.24, 2.45) is 5.41 Å². The van der Waals surface area contributed by atoms with Gasteiger partial charge in [-0.15, -0.1) is 11.3 Å². The minimum atomic E-state index is 0.309. The number of hydrogen-bond acceptors (Lipinski definition) is 2. The molecule has 0 amide bonds. The molecule has 2 aromatic rings. The van der Waals surface area contributed by atoms with E-state index in [1.165, 1.54) is 22.1 Å². The fraction of sp³-hybridized carbons (Fsp3) is 0.429. The van der Waals surface area contributed by atoms with E-state index in [1.807, 2.05) is 11.3 Å². The summed E-state index contributed by atoms with van der Waals surface area (Å²) in [5.74, 6) is 0. The molecule has 90 valence electrons. The van der Waals surface area contributed by atoms with Gasteiger partial charge < -0.3 is 4.74 Å². The van der Waals surface area contributed by atoms with Crippen molar-refractivity contribution >= 4 is 37.4 Å². The SMILES string of the molecule is BrCC1(Cc2csc3ccccc23)CCOC1. The van der Waals surface area contributed by atoms with E-state index in [-0.39, 0.29) is 0 Å². The van der Waals surface area contributed by atoms with Crippen LogP contribution < -0.4 is 0 Å². The summed E-state index contributed by atoms with van der Waals surface area (Å²) in [6.45, 7) is 1.80. The first-order chi connectivity index (χ1) is 8.33. The van der Waals surface area contributed by atoms with Crippen LogP contribution in [0.2, 0.25) is 0 Å². The summed E-state index contributed by atoms with van der Waals surface area (Å²) >= 11 is 5.52. The standard InChI is InChI=1S/C14H15BrOS/c15-9-14(5-6-16-10-14)7-11-8-17-13-4-2-1-3-12(11)13/h1-4,8H,5-7,9-10H2. The van der Waals surface area contributed by atoms with Crippen LogP contribution in [0.5, 0.6) is 0 Å². The summed E-state index contributed by atoms with van der Waals surface area (Å²) < 4.78 is 6.98. The molecule has 0 bridgehead atoms. The molecular formula is C14H15BrOS. The Morgan fingerprint density at radius 3 is 3.00 bits per heavy atom.